The van der Waals surface area contributed by atoms with Gasteiger partial charge in [-0.05, 0) is 54.7 Å². The standard InChI is InChI=1S/C15H12F3N3.C8H8ClN3.C7H6BF3O2.2CO2/c1-2-12-9-19-14-7-6-13(20-21(12)14)10-4-3-5-11(8-10)15(16,17)18;1-2-6-5-10-8-4-3-7(9)11-12(6)8;9-7(10,11)5-2-1-3-6(4-5)8(12)13;2*2-1-3/h3-9H,2H2,1H3;3-5H,2H2,1H3;1-4,12-13H;;. The molecule has 0 radical (unpaired) electrons. The van der Waals surface area contributed by atoms with E-state index in [1.54, 1.807) is 39.5 Å². The Morgan fingerprint density at radius 3 is 1.63 bits per heavy atom. The number of nitrogens with zero attached hydrogens (tertiary/aromatic N) is 6. The van der Waals surface area contributed by atoms with Gasteiger partial charge in [-0.25, -0.2) is 19.0 Å². The molecule has 12 nitrogen and oxygen atoms in total. The quantitative estimate of drug-likeness (QED) is 0.182. The summed E-state index contributed by atoms with van der Waals surface area (Å²) in [5.41, 5.74) is 2.70. The number of rotatable bonds is 4. The molecule has 0 amide bonds. The van der Waals surface area contributed by atoms with Crippen molar-refractivity contribution < 1.29 is 55.6 Å². The minimum atomic E-state index is -4.45. The summed E-state index contributed by atoms with van der Waals surface area (Å²) in [6, 6.07) is 16.1. The van der Waals surface area contributed by atoms with E-state index in [1.807, 2.05) is 19.2 Å². The number of hydrogen-bond acceptors (Lipinski definition) is 10. The molecule has 4 heterocycles. The molecule has 0 aliphatic rings. The van der Waals surface area contributed by atoms with Gasteiger partial charge < -0.3 is 10.0 Å². The van der Waals surface area contributed by atoms with E-state index >= 15 is 0 Å². The van der Waals surface area contributed by atoms with Gasteiger partial charge in [-0.1, -0.05) is 61.8 Å². The summed E-state index contributed by atoms with van der Waals surface area (Å²) in [4.78, 5) is 40.9. The molecule has 0 bridgehead atoms. The molecule has 0 aliphatic heterocycles. The van der Waals surface area contributed by atoms with Crippen LogP contribution in [-0.4, -0.2) is 58.7 Å². The van der Waals surface area contributed by atoms with Crippen molar-refractivity contribution in [1.29, 1.82) is 0 Å². The summed E-state index contributed by atoms with van der Waals surface area (Å²) in [5.74, 6) is 0. The normalized spacial score (nSPS) is 10.5. The zero-order valence-electron chi connectivity index (χ0n) is 26.9. The van der Waals surface area contributed by atoms with E-state index in [1.165, 1.54) is 12.1 Å². The number of imidazole rings is 2. The summed E-state index contributed by atoms with van der Waals surface area (Å²) in [6.45, 7) is 4.04. The molecule has 0 unspecified atom stereocenters. The number of aryl methyl sites for hydroxylation is 2. The Kier molecular flexibility index (Phi) is 16.0. The maximum Gasteiger partial charge on any atom is 0.488 e. The molecule has 6 aromatic rings. The first-order valence-electron chi connectivity index (χ1n) is 14.6. The van der Waals surface area contributed by atoms with Gasteiger partial charge in [0.15, 0.2) is 11.3 Å². The maximum atomic E-state index is 12.8. The lowest BCUT2D eigenvalue weighted by molar-refractivity contribution is -0.193. The molecule has 0 spiro atoms. The zero-order valence-corrected chi connectivity index (χ0v) is 27.7. The van der Waals surface area contributed by atoms with Crippen LogP contribution in [0.15, 0.2) is 85.2 Å². The minimum Gasteiger partial charge on any atom is -0.423 e. The molecular weight excluding hydrogens is 725 g/mol. The highest BCUT2D eigenvalue weighted by Crippen LogP contribution is 2.32. The summed E-state index contributed by atoms with van der Waals surface area (Å²) in [5, 5.41) is 26.2. The number of carbonyl (C=O) groups excluding carboxylic acids is 4. The van der Waals surface area contributed by atoms with E-state index < -0.39 is 30.6 Å². The van der Waals surface area contributed by atoms with Crippen LogP contribution in [0.2, 0.25) is 5.15 Å². The molecule has 6 rings (SSSR count). The highest BCUT2D eigenvalue weighted by Gasteiger charge is 2.31. The molecule has 0 saturated carbocycles. The Morgan fingerprint density at radius 2 is 1.15 bits per heavy atom. The fourth-order valence-corrected chi connectivity index (χ4v) is 4.32. The SMILES string of the molecule is CCc1cnc2ccc(-c3cccc(C(F)(F)F)c3)nn12.CCc1cnc2ccc(Cl)nn12.O=C=O.O=C=O.OB(O)c1cccc(C(F)(F)F)c1. The van der Waals surface area contributed by atoms with Gasteiger partial charge in [-0.15, -0.1) is 0 Å². The molecule has 272 valence electrons. The maximum absolute atomic E-state index is 12.8. The van der Waals surface area contributed by atoms with Crippen LogP contribution in [-0.2, 0) is 44.4 Å². The van der Waals surface area contributed by atoms with E-state index in [9.17, 15) is 26.3 Å². The predicted molar refractivity (Wildman–Crippen MR) is 171 cm³/mol. The fourth-order valence-electron chi connectivity index (χ4n) is 4.19. The van der Waals surface area contributed by atoms with Crippen LogP contribution in [0.25, 0.3) is 22.6 Å². The van der Waals surface area contributed by atoms with Crippen LogP contribution >= 0.6 is 11.6 Å². The Bertz CT molecular complexity index is 2120. The Hall–Kier alpha value is -5.71. The van der Waals surface area contributed by atoms with Crippen molar-refractivity contribution in [2.45, 2.75) is 39.0 Å². The molecule has 20 heteroatoms. The van der Waals surface area contributed by atoms with Crippen molar-refractivity contribution in [2.75, 3.05) is 0 Å². The van der Waals surface area contributed by atoms with E-state index in [0.29, 0.717) is 28.1 Å². The fraction of sp³-hybridized carbons (Fsp3) is 0.188. The van der Waals surface area contributed by atoms with Gasteiger partial charge in [0.25, 0.3) is 0 Å². The average Bonchev–Trinajstić information content (AvgIpc) is 3.72. The van der Waals surface area contributed by atoms with Gasteiger partial charge in [0.1, 0.15) is 5.15 Å². The first-order chi connectivity index (χ1) is 24.5. The summed E-state index contributed by atoms with van der Waals surface area (Å²) >= 11 is 5.74. The van der Waals surface area contributed by atoms with Crippen molar-refractivity contribution in [3.63, 3.8) is 0 Å². The highest BCUT2D eigenvalue weighted by molar-refractivity contribution is 6.58. The topological polar surface area (TPSA) is 169 Å². The number of benzene rings is 2. The largest absolute Gasteiger partial charge is 0.488 e. The van der Waals surface area contributed by atoms with Gasteiger partial charge in [0, 0.05) is 5.56 Å². The van der Waals surface area contributed by atoms with Crippen molar-refractivity contribution in [3.05, 3.63) is 113 Å². The molecule has 2 aromatic carbocycles. The molecule has 52 heavy (non-hydrogen) atoms. The number of fused-ring (bicyclic) bond motifs is 2. The van der Waals surface area contributed by atoms with Gasteiger partial charge in [-0.3, -0.25) is 0 Å². The third-order valence-corrected chi connectivity index (χ3v) is 6.76. The smallest absolute Gasteiger partial charge is 0.423 e. The number of alkyl halides is 6. The minimum absolute atomic E-state index is 0.171. The summed E-state index contributed by atoms with van der Waals surface area (Å²) in [6.07, 6.45) is -3.11. The Balaban J connectivity index is 0.000000262. The number of aromatic nitrogens is 6. The number of hydrogen-bond donors (Lipinski definition) is 2. The molecule has 2 N–H and O–H groups in total. The Labute approximate surface area is 295 Å². The third-order valence-electron chi connectivity index (χ3n) is 6.56. The molecule has 0 fully saturated rings. The molecule has 0 aliphatic carbocycles. The van der Waals surface area contributed by atoms with Crippen LogP contribution in [0.1, 0.15) is 36.4 Å². The van der Waals surface area contributed by atoms with Crippen LogP contribution in [0, 0.1) is 0 Å². The van der Waals surface area contributed by atoms with Crippen molar-refractivity contribution >= 4 is 47.8 Å². The monoisotopic (exact) mass is 750 g/mol. The average molecular weight is 751 g/mol. The van der Waals surface area contributed by atoms with Gasteiger partial charge in [0.05, 0.1) is 40.6 Å². The van der Waals surface area contributed by atoms with Gasteiger partial charge in [0.2, 0.25) is 0 Å². The van der Waals surface area contributed by atoms with Crippen LogP contribution in [0.5, 0.6) is 0 Å². The molecule has 0 atom stereocenters. The second kappa shape index (κ2) is 19.6. The molecule has 4 aromatic heterocycles. The highest BCUT2D eigenvalue weighted by atomic mass is 35.5. The summed E-state index contributed by atoms with van der Waals surface area (Å²) in [7, 11) is -1.87. The molecule has 0 saturated heterocycles. The second-order valence-corrected chi connectivity index (χ2v) is 10.3. The van der Waals surface area contributed by atoms with E-state index in [-0.39, 0.29) is 17.8 Å². The Morgan fingerprint density at radius 1 is 0.692 bits per heavy atom. The third kappa shape index (κ3) is 12.3. The second-order valence-electron chi connectivity index (χ2n) is 9.86. The van der Waals surface area contributed by atoms with Crippen LogP contribution in [0.4, 0.5) is 26.3 Å². The van der Waals surface area contributed by atoms with Crippen LogP contribution in [0.3, 0.4) is 0 Å². The van der Waals surface area contributed by atoms with Crippen molar-refractivity contribution in [1.82, 2.24) is 29.2 Å². The van der Waals surface area contributed by atoms with E-state index in [2.05, 4.69) is 27.1 Å². The lowest BCUT2D eigenvalue weighted by atomic mass is 9.79. The molecular formula is C32H26BClF6N6O6. The van der Waals surface area contributed by atoms with E-state index in [4.69, 9.17) is 40.8 Å². The van der Waals surface area contributed by atoms with Gasteiger partial charge in [-0.2, -0.15) is 55.7 Å². The van der Waals surface area contributed by atoms with Crippen molar-refractivity contribution in [3.8, 4) is 11.3 Å². The van der Waals surface area contributed by atoms with Crippen molar-refractivity contribution in [2.24, 2.45) is 0 Å². The zero-order chi connectivity index (χ0) is 39.1. The number of halogens is 7. The summed E-state index contributed by atoms with van der Waals surface area (Å²) < 4.78 is 77.9. The first kappa shape index (κ1) is 42.5. The van der Waals surface area contributed by atoms with E-state index in [0.717, 1.165) is 54.1 Å². The lowest BCUT2D eigenvalue weighted by Crippen LogP contribution is -2.30. The lowest BCUT2D eigenvalue weighted by Gasteiger charge is -2.09. The van der Waals surface area contributed by atoms with Gasteiger partial charge >= 0.3 is 31.8 Å². The van der Waals surface area contributed by atoms with Crippen LogP contribution < -0.4 is 5.46 Å². The predicted octanol–water partition coefficient (Wildman–Crippen LogP) is 5.14. The first-order valence-corrected chi connectivity index (χ1v) is 14.9.